The summed E-state index contributed by atoms with van der Waals surface area (Å²) in [5.41, 5.74) is 3.21. The summed E-state index contributed by atoms with van der Waals surface area (Å²) in [6, 6.07) is 16.2. The smallest absolute Gasteiger partial charge is 0.329 e. The summed E-state index contributed by atoms with van der Waals surface area (Å²) in [7, 11) is 0. The molecule has 0 saturated heterocycles. The number of aromatic nitrogens is 4. The minimum Gasteiger partial charge on any atom is -0.480 e. The lowest BCUT2D eigenvalue weighted by molar-refractivity contribution is -0.143. The third kappa shape index (κ3) is 5.27. The molecule has 8 heteroatoms. The Hall–Kier alpha value is -3.55. The zero-order valence-electron chi connectivity index (χ0n) is 18.9. The van der Waals surface area contributed by atoms with Crippen LogP contribution in [0.5, 0.6) is 0 Å². The number of nitrogens with zero attached hydrogens (tertiary/aromatic N) is 4. The normalized spacial score (nSPS) is 15.5. The molecule has 1 fully saturated rings. The van der Waals surface area contributed by atoms with Crippen molar-refractivity contribution >= 4 is 11.8 Å². The molecule has 3 N–H and O–H groups in total. The van der Waals surface area contributed by atoms with Gasteiger partial charge >= 0.3 is 5.97 Å². The number of aliphatic imine (C=N–C) groups is 1. The molecular formula is C25H30N6O2. The lowest BCUT2D eigenvalue weighted by Crippen LogP contribution is -2.52. The fraction of sp³-hybridized carbons (Fsp3) is 0.400. The second kappa shape index (κ2) is 10.4. The molecule has 0 bridgehead atoms. The predicted molar refractivity (Wildman–Crippen MR) is 128 cm³/mol. The Morgan fingerprint density at radius 1 is 1.12 bits per heavy atom. The zero-order valence-corrected chi connectivity index (χ0v) is 18.9. The SMILES string of the molecule is CCCCC(=NCc1ccc(-c2ccccc2-c2nn[nH]n2)cc1)NC1(C(=O)O)CCCC1. The Kier molecular flexibility index (Phi) is 7.12. The zero-order chi connectivity index (χ0) is 23.1. The number of hydrogen-bond acceptors (Lipinski definition) is 5. The van der Waals surface area contributed by atoms with Crippen molar-refractivity contribution in [2.45, 2.75) is 64.0 Å². The fourth-order valence-electron chi connectivity index (χ4n) is 4.35. The van der Waals surface area contributed by atoms with Crippen molar-refractivity contribution in [2.24, 2.45) is 4.99 Å². The molecule has 1 heterocycles. The number of amidine groups is 1. The van der Waals surface area contributed by atoms with Crippen molar-refractivity contribution in [2.75, 3.05) is 0 Å². The number of hydrogen-bond donors (Lipinski definition) is 3. The fourth-order valence-corrected chi connectivity index (χ4v) is 4.35. The van der Waals surface area contributed by atoms with E-state index in [0.29, 0.717) is 25.2 Å². The number of carbonyl (C=O) groups is 1. The van der Waals surface area contributed by atoms with E-state index in [-0.39, 0.29) is 0 Å². The highest BCUT2D eigenvalue weighted by atomic mass is 16.4. The van der Waals surface area contributed by atoms with Crippen molar-refractivity contribution < 1.29 is 9.90 Å². The van der Waals surface area contributed by atoms with E-state index in [9.17, 15) is 9.90 Å². The monoisotopic (exact) mass is 446 g/mol. The predicted octanol–water partition coefficient (Wildman–Crippen LogP) is 4.61. The Labute approximate surface area is 193 Å². The van der Waals surface area contributed by atoms with Crippen LogP contribution in [0.1, 0.15) is 57.4 Å². The minimum atomic E-state index is -0.866. The van der Waals surface area contributed by atoms with E-state index in [1.165, 1.54) is 0 Å². The molecule has 0 atom stereocenters. The molecular weight excluding hydrogens is 416 g/mol. The van der Waals surface area contributed by atoms with Crippen LogP contribution < -0.4 is 5.32 Å². The summed E-state index contributed by atoms with van der Waals surface area (Å²) in [6.07, 6.45) is 5.97. The highest BCUT2D eigenvalue weighted by Crippen LogP contribution is 2.31. The summed E-state index contributed by atoms with van der Waals surface area (Å²) >= 11 is 0. The molecule has 172 valence electrons. The number of tetrazole rings is 1. The number of nitrogens with one attached hydrogen (secondary N) is 2. The summed E-state index contributed by atoms with van der Waals surface area (Å²) in [5.74, 6) is 0.590. The van der Waals surface area contributed by atoms with E-state index in [1.54, 1.807) is 0 Å². The second-order valence-corrected chi connectivity index (χ2v) is 8.56. The van der Waals surface area contributed by atoms with Crippen molar-refractivity contribution in [3.05, 3.63) is 54.1 Å². The molecule has 1 aromatic heterocycles. The van der Waals surface area contributed by atoms with Gasteiger partial charge in [0.2, 0.25) is 5.82 Å². The number of carboxylic acid groups (broad SMARTS) is 1. The van der Waals surface area contributed by atoms with Crippen molar-refractivity contribution in [1.29, 1.82) is 0 Å². The standard InChI is InChI=1S/C25H30N6O2/c1-2-3-10-22(27-25(24(32)33)15-6-7-16-25)26-17-18-11-13-19(14-12-18)20-8-4-5-9-21(20)23-28-30-31-29-23/h4-5,8-9,11-14H,2-3,6-7,10,15-17H2,1H3,(H,26,27)(H,32,33)(H,28,29,30,31). The Morgan fingerprint density at radius 3 is 2.48 bits per heavy atom. The first-order valence-electron chi connectivity index (χ1n) is 11.6. The van der Waals surface area contributed by atoms with E-state index in [4.69, 9.17) is 4.99 Å². The molecule has 8 nitrogen and oxygen atoms in total. The molecule has 1 saturated carbocycles. The molecule has 33 heavy (non-hydrogen) atoms. The van der Waals surface area contributed by atoms with E-state index < -0.39 is 11.5 Å². The van der Waals surface area contributed by atoms with Crippen molar-refractivity contribution in [1.82, 2.24) is 25.9 Å². The number of carboxylic acids is 1. The van der Waals surface area contributed by atoms with Gasteiger partial charge in [-0.3, -0.25) is 4.99 Å². The van der Waals surface area contributed by atoms with Crippen LogP contribution in [0.15, 0.2) is 53.5 Å². The number of benzene rings is 2. The second-order valence-electron chi connectivity index (χ2n) is 8.56. The van der Waals surface area contributed by atoms with Crippen LogP contribution in [0.4, 0.5) is 0 Å². The summed E-state index contributed by atoms with van der Waals surface area (Å²) in [5, 5.41) is 27.5. The number of H-pyrrole nitrogens is 1. The van der Waals surface area contributed by atoms with Gasteiger partial charge in [0.25, 0.3) is 0 Å². The average Bonchev–Trinajstić information content (AvgIpc) is 3.54. The molecule has 2 aromatic carbocycles. The van der Waals surface area contributed by atoms with Crippen LogP contribution in [-0.2, 0) is 11.3 Å². The Bertz CT molecular complexity index is 1090. The van der Waals surface area contributed by atoms with Crippen LogP contribution in [0.2, 0.25) is 0 Å². The molecule has 0 spiro atoms. The van der Waals surface area contributed by atoms with Crippen LogP contribution in [0.25, 0.3) is 22.5 Å². The first-order chi connectivity index (χ1) is 16.1. The van der Waals surface area contributed by atoms with Gasteiger partial charge < -0.3 is 10.4 Å². The highest BCUT2D eigenvalue weighted by Gasteiger charge is 2.41. The molecule has 1 aliphatic carbocycles. The third-order valence-corrected chi connectivity index (χ3v) is 6.25. The van der Waals surface area contributed by atoms with Crippen LogP contribution in [-0.4, -0.2) is 43.1 Å². The van der Waals surface area contributed by atoms with Crippen molar-refractivity contribution in [3.63, 3.8) is 0 Å². The topological polar surface area (TPSA) is 116 Å². The van der Waals surface area contributed by atoms with Gasteiger partial charge in [0, 0.05) is 12.0 Å². The first kappa shape index (κ1) is 22.6. The third-order valence-electron chi connectivity index (χ3n) is 6.25. The van der Waals surface area contributed by atoms with Crippen LogP contribution in [0, 0.1) is 0 Å². The Balaban J connectivity index is 1.51. The molecule has 1 aliphatic rings. The maximum atomic E-state index is 12.0. The van der Waals surface area contributed by atoms with Crippen molar-refractivity contribution in [3.8, 4) is 22.5 Å². The van der Waals surface area contributed by atoms with E-state index in [1.807, 2.05) is 24.3 Å². The average molecular weight is 447 g/mol. The van der Waals surface area contributed by atoms with Gasteiger partial charge in [-0.2, -0.15) is 5.21 Å². The first-order valence-corrected chi connectivity index (χ1v) is 11.6. The number of aliphatic carboxylic acids is 1. The molecule has 0 unspecified atom stereocenters. The van der Waals surface area contributed by atoms with E-state index >= 15 is 0 Å². The quantitative estimate of drug-likeness (QED) is 0.326. The molecule has 0 radical (unpaired) electrons. The van der Waals surface area contributed by atoms with Gasteiger partial charge in [0.1, 0.15) is 5.54 Å². The molecule has 3 aromatic rings. The van der Waals surface area contributed by atoms with Gasteiger partial charge in [-0.15, -0.1) is 10.2 Å². The number of unbranched alkanes of at least 4 members (excludes halogenated alkanes) is 1. The summed E-state index contributed by atoms with van der Waals surface area (Å²) in [4.78, 5) is 16.8. The summed E-state index contributed by atoms with van der Waals surface area (Å²) in [6.45, 7) is 2.64. The number of rotatable bonds is 9. The van der Waals surface area contributed by atoms with Gasteiger partial charge in [-0.25, -0.2) is 4.79 Å². The van der Waals surface area contributed by atoms with Gasteiger partial charge in [0.15, 0.2) is 0 Å². The molecule has 4 rings (SSSR count). The van der Waals surface area contributed by atoms with Crippen LogP contribution >= 0.6 is 0 Å². The minimum absolute atomic E-state index is 0.508. The summed E-state index contributed by atoms with van der Waals surface area (Å²) < 4.78 is 0. The lowest BCUT2D eigenvalue weighted by atomic mass is 9.97. The van der Waals surface area contributed by atoms with Gasteiger partial charge in [0.05, 0.1) is 12.4 Å². The molecule has 0 amide bonds. The van der Waals surface area contributed by atoms with E-state index in [2.05, 4.69) is 57.1 Å². The number of aromatic amines is 1. The van der Waals surface area contributed by atoms with Gasteiger partial charge in [-0.1, -0.05) is 74.7 Å². The largest absolute Gasteiger partial charge is 0.480 e. The van der Waals surface area contributed by atoms with Crippen LogP contribution in [0.3, 0.4) is 0 Å². The maximum Gasteiger partial charge on any atom is 0.329 e. The Morgan fingerprint density at radius 2 is 1.85 bits per heavy atom. The highest BCUT2D eigenvalue weighted by molar-refractivity contribution is 5.90. The van der Waals surface area contributed by atoms with E-state index in [0.717, 1.165) is 60.2 Å². The van der Waals surface area contributed by atoms with Gasteiger partial charge in [-0.05, 0) is 41.2 Å². The lowest BCUT2D eigenvalue weighted by Gasteiger charge is -2.27. The maximum absolute atomic E-state index is 12.0. The molecule has 0 aliphatic heterocycles.